The number of aromatic nitrogens is 2. The predicted molar refractivity (Wildman–Crippen MR) is 56.0 cm³/mol. The van der Waals surface area contributed by atoms with Crippen LogP contribution in [0.2, 0.25) is 0 Å². The molecule has 3 N–H and O–H groups in total. The molecule has 74 valence electrons. The van der Waals surface area contributed by atoms with E-state index in [1.54, 1.807) is 11.3 Å². The second-order valence-corrected chi connectivity index (χ2v) is 4.98. The maximum absolute atomic E-state index is 5.42. The molecule has 0 aliphatic heterocycles. The number of rotatable bonds is 3. The Hall–Kier alpha value is -0.680. The molecule has 0 amide bonds. The van der Waals surface area contributed by atoms with Gasteiger partial charge in [-0.25, -0.2) is 0 Å². The van der Waals surface area contributed by atoms with Crippen molar-refractivity contribution < 1.29 is 0 Å². The highest BCUT2D eigenvalue weighted by Gasteiger charge is 2.12. The summed E-state index contributed by atoms with van der Waals surface area (Å²) in [6.07, 6.45) is 0.809. The zero-order chi connectivity index (χ0) is 9.90. The van der Waals surface area contributed by atoms with E-state index in [2.05, 4.69) is 36.3 Å². The molecule has 0 unspecified atom stereocenters. The SMILES string of the molecule is CC(C)(C)Nc1nnc(CCN)s1. The Balaban J connectivity index is 2.59. The molecule has 0 saturated heterocycles. The average Bonchev–Trinajstić information content (AvgIpc) is 2.33. The van der Waals surface area contributed by atoms with Gasteiger partial charge in [0, 0.05) is 12.0 Å². The molecule has 1 rings (SSSR count). The minimum atomic E-state index is 0.0412. The summed E-state index contributed by atoms with van der Waals surface area (Å²) >= 11 is 1.57. The zero-order valence-electron chi connectivity index (χ0n) is 8.29. The van der Waals surface area contributed by atoms with Gasteiger partial charge < -0.3 is 11.1 Å². The van der Waals surface area contributed by atoms with Crippen molar-refractivity contribution in [3.63, 3.8) is 0 Å². The van der Waals surface area contributed by atoms with E-state index >= 15 is 0 Å². The smallest absolute Gasteiger partial charge is 0.206 e. The number of nitrogens with zero attached hydrogens (tertiary/aromatic N) is 2. The van der Waals surface area contributed by atoms with Gasteiger partial charge in [-0.1, -0.05) is 11.3 Å². The van der Waals surface area contributed by atoms with E-state index in [4.69, 9.17) is 5.73 Å². The largest absolute Gasteiger partial charge is 0.355 e. The lowest BCUT2D eigenvalue weighted by atomic mass is 10.1. The van der Waals surface area contributed by atoms with Crippen LogP contribution in [0.25, 0.3) is 0 Å². The lowest BCUT2D eigenvalue weighted by Crippen LogP contribution is -2.25. The van der Waals surface area contributed by atoms with Crippen molar-refractivity contribution in [1.82, 2.24) is 10.2 Å². The molecule has 0 aliphatic carbocycles. The van der Waals surface area contributed by atoms with Crippen molar-refractivity contribution >= 4 is 16.5 Å². The van der Waals surface area contributed by atoms with Gasteiger partial charge in [0.2, 0.25) is 5.13 Å². The van der Waals surface area contributed by atoms with Gasteiger partial charge in [0.25, 0.3) is 0 Å². The van der Waals surface area contributed by atoms with Crippen LogP contribution in [0.3, 0.4) is 0 Å². The molecule has 0 atom stereocenters. The molecule has 0 aromatic carbocycles. The van der Waals surface area contributed by atoms with Gasteiger partial charge in [-0.2, -0.15) is 0 Å². The number of hydrogen-bond donors (Lipinski definition) is 2. The molecule has 5 heteroatoms. The third-order valence-corrected chi connectivity index (χ3v) is 2.21. The summed E-state index contributed by atoms with van der Waals surface area (Å²) in [5, 5.41) is 13.2. The summed E-state index contributed by atoms with van der Waals surface area (Å²) in [7, 11) is 0. The van der Waals surface area contributed by atoms with E-state index in [0.717, 1.165) is 16.6 Å². The Morgan fingerprint density at radius 3 is 2.62 bits per heavy atom. The van der Waals surface area contributed by atoms with E-state index < -0.39 is 0 Å². The third kappa shape index (κ3) is 3.69. The first-order valence-corrected chi connectivity index (χ1v) is 5.13. The summed E-state index contributed by atoms with van der Waals surface area (Å²) in [5.74, 6) is 0. The van der Waals surface area contributed by atoms with Gasteiger partial charge >= 0.3 is 0 Å². The molecule has 13 heavy (non-hydrogen) atoms. The Labute approximate surface area is 82.6 Å². The highest BCUT2D eigenvalue weighted by atomic mass is 32.1. The van der Waals surface area contributed by atoms with Crippen LogP contribution in [-0.4, -0.2) is 22.3 Å². The minimum absolute atomic E-state index is 0.0412. The quantitative estimate of drug-likeness (QED) is 0.770. The lowest BCUT2D eigenvalue weighted by Gasteiger charge is -2.18. The van der Waals surface area contributed by atoms with Gasteiger partial charge in [0.15, 0.2) is 0 Å². The Morgan fingerprint density at radius 1 is 1.38 bits per heavy atom. The van der Waals surface area contributed by atoms with Crippen molar-refractivity contribution in [2.75, 3.05) is 11.9 Å². The van der Waals surface area contributed by atoms with Crippen molar-refractivity contribution in [2.45, 2.75) is 32.7 Å². The van der Waals surface area contributed by atoms with E-state index in [0.29, 0.717) is 6.54 Å². The van der Waals surface area contributed by atoms with Gasteiger partial charge in [0.1, 0.15) is 5.01 Å². The predicted octanol–water partition coefficient (Wildman–Crippen LogP) is 1.25. The maximum Gasteiger partial charge on any atom is 0.206 e. The summed E-state index contributed by atoms with van der Waals surface area (Å²) in [6.45, 7) is 6.91. The summed E-state index contributed by atoms with van der Waals surface area (Å²) in [4.78, 5) is 0. The van der Waals surface area contributed by atoms with E-state index in [-0.39, 0.29) is 5.54 Å². The molecule has 0 saturated carbocycles. The monoisotopic (exact) mass is 200 g/mol. The fraction of sp³-hybridized carbons (Fsp3) is 0.750. The van der Waals surface area contributed by atoms with E-state index in [9.17, 15) is 0 Å². The normalized spacial score (nSPS) is 11.7. The standard InChI is InChI=1S/C8H16N4S/c1-8(2,3)10-7-12-11-6(13-7)4-5-9/h4-5,9H2,1-3H3,(H,10,12). The van der Waals surface area contributed by atoms with Crippen molar-refractivity contribution in [1.29, 1.82) is 0 Å². The Bertz CT molecular complexity index is 263. The van der Waals surface area contributed by atoms with Crippen LogP contribution in [-0.2, 0) is 6.42 Å². The molecule has 1 aromatic rings. The second kappa shape index (κ2) is 4.02. The van der Waals surface area contributed by atoms with Crippen molar-refractivity contribution in [2.24, 2.45) is 5.73 Å². The molecule has 0 bridgehead atoms. The van der Waals surface area contributed by atoms with Crippen LogP contribution in [0, 0.1) is 0 Å². The van der Waals surface area contributed by atoms with Gasteiger partial charge in [-0.15, -0.1) is 10.2 Å². The number of hydrogen-bond acceptors (Lipinski definition) is 5. The highest BCUT2D eigenvalue weighted by molar-refractivity contribution is 7.15. The topological polar surface area (TPSA) is 63.8 Å². The average molecular weight is 200 g/mol. The Morgan fingerprint density at radius 2 is 2.08 bits per heavy atom. The fourth-order valence-corrected chi connectivity index (χ4v) is 1.81. The van der Waals surface area contributed by atoms with Crippen LogP contribution in [0.4, 0.5) is 5.13 Å². The molecule has 0 spiro atoms. The minimum Gasteiger partial charge on any atom is -0.355 e. The number of nitrogens with one attached hydrogen (secondary N) is 1. The zero-order valence-corrected chi connectivity index (χ0v) is 9.11. The summed E-state index contributed by atoms with van der Waals surface area (Å²) in [5.41, 5.74) is 5.46. The molecular weight excluding hydrogens is 184 g/mol. The summed E-state index contributed by atoms with van der Waals surface area (Å²) in [6, 6.07) is 0. The van der Waals surface area contributed by atoms with Crippen LogP contribution < -0.4 is 11.1 Å². The van der Waals surface area contributed by atoms with Gasteiger partial charge in [0.05, 0.1) is 0 Å². The van der Waals surface area contributed by atoms with Gasteiger partial charge in [-0.3, -0.25) is 0 Å². The number of nitrogens with two attached hydrogens (primary N) is 1. The molecule has 1 aromatic heterocycles. The summed E-state index contributed by atoms with van der Waals surface area (Å²) < 4.78 is 0. The lowest BCUT2D eigenvalue weighted by molar-refractivity contribution is 0.631. The van der Waals surface area contributed by atoms with Crippen LogP contribution in [0.5, 0.6) is 0 Å². The first kappa shape index (κ1) is 10.4. The molecule has 0 fully saturated rings. The fourth-order valence-electron chi connectivity index (χ4n) is 0.849. The van der Waals surface area contributed by atoms with E-state index in [1.807, 2.05) is 0 Å². The third-order valence-electron chi connectivity index (χ3n) is 1.31. The second-order valence-electron chi connectivity index (χ2n) is 3.91. The molecular formula is C8H16N4S. The van der Waals surface area contributed by atoms with Crippen LogP contribution in [0.15, 0.2) is 0 Å². The highest BCUT2D eigenvalue weighted by Crippen LogP contribution is 2.19. The molecule has 0 aliphatic rings. The molecule has 4 nitrogen and oxygen atoms in total. The molecule has 1 heterocycles. The first-order chi connectivity index (χ1) is 6.01. The maximum atomic E-state index is 5.42. The van der Waals surface area contributed by atoms with Gasteiger partial charge in [-0.05, 0) is 27.3 Å². The number of anilines is 1. The van der Waals surface area contributed by atoms with Crippen LogP contribution >= 0.6 is 11.3 Å². The molecule has 0 radical (unpaired) electrons. The van der Waals surface area contributed by atoms with Crippen molar-refractivity contribution in [3.8, 4) is 0 Å². The first-order valence-electron chi connectivity index (χ1n) is 4.32. The van der Waals surface area contributed by atoms with E-state index in [1.165, 1.54) is 0 Å². The van der Waals surface area contributed by atoms with Crippen LogP contribution in [0.1, 0.15) is 25.8 Å². The Kier molecular flexibility index (Phi) is 3.22. The van der Waals surface area contributed by atoms with Crippen molar-refractivity contribution in [3.05, 3.63) is 5.01 Å².